The molecule has 0 saturated carbocycles. The minimum absolute atomic E-state index is 0.0303. The van der Waals surface area contributed by atoms with E-state index in [1.165, 1.54) is 0 Å². The van der Waals surface area contributed by atoms with Gasteiger partial charge in [0.1, 0.15) is 34.2 Å². The van der Waals surface area contributed by atoms with Crippen molar-refractivity contribution in [3.8, 4) is 0 Å². The van der Waals surface area contributed by atoms with Gasteiger partial charge in [-0.2, -0.15) is 0 Å². The molecular weight excluding hydrogens is 696 g/mol. The molecule has 1 aliphatic heterocycles. The molecule has 1 rings (SSSR count). The highest BCUT2D eigenvalue weighted by Gasteiger charge is 2.33. The van der Waals surface area contributed by atoms with Gasteiger partial charge in [-0.05, 0) is 102 Å². The number of nitrogens with zero attached hydrogens (tertiary/aromatic N) is 4. The van der Waals surface area contributed by atoms with E-state index in [2.05, 4.69) is 10.2 Å². The highest BCUT2D eigenvalue weighted by Crippen LogP contribution is 2.18. The maximum Gasteiger partial charge on any atom is 0.407 e. The van der Waals surface area contributed by atoms with Crippen LogP contribution in [0.25, 0.3) is 0 Å². The minimum atomic E-state index is -0.751. The second-order valence-corrected chi connectivity index (χ2v) is 18.1. The average molecular weight is 771 g/mol. The van der Waals surface area contributed by atoms with Gasteiger partial charge in [-0.3, -0.25) is 38.8 Å². The van der Waals surface area contributed by atoms with Gasteiger partial charge in [0.05, 0.1) is 13.1 Å². The number of rotatable bonds is 15. The lowest BCUT2D eigenvalue weighted by Gasteiger charge is -2.37. The van der Waals surface area contributed by atoms with Crippen LogP contribution in [0.5, 0.6) is 0 Å². The molecule has 0 aliphatic carbocycles. The number of carbonyl (C=O) groups excluding carboxylic acids is 5. The van der Waals surface area contributed by atoms with Crippen molar-refractivity contribution in [1.29, 1.82) is 0 Å². The number of nitrogens with two attached hydrogens (primary N) is 1. The Morgan fingerprint density at radius 3 is 1.44 bits per heavy atom. The number of ether oxygens (including phenoxy) is 4. The lowest BCUT2D eigenvalue weighted by molar-refractivity contribution is -0.163. The van der Waals surface area contributed by atoms with Crippen molar-refractivity contribution < 1.29 is 42.9 Å². The summed E-state index contributed by atoms with van der Waals surface area (Å²) in [5.41, 5.74) is 2.94. The van der Waals surface area contributed by atoms with E-state index in [-0.39, 0.29) is 43.7 Å². The van der Waals surface area contributed by atoms with Crippen LogP contribution in [0, 0.1) is 0 Å². The summed E-state index contributed by atoms with van der Waals surface area (Å²) < 4.78 is 22.7. The number of carbonyl (C=O) groups is 5. The summed E-state index contributed by atoms with van der Waals surface area (Å²) in [5, 5.41) is 2.83. The first kappa shape index (κ1) is 49.2. The van der Waals surface area contributed by atoms with E-state index in [0.717, 1.165) is 0 Å². The summed E-state index contributed by atoms with van der Waals surface area (Å²) in [7, 11) is 0. The van der Waals surface area contributed by atoms with E-state index in [1.54, 1.807) is 20.8 Å². The van der Waals surface area contributed by atoms with Crippen LogP contribution in [-0.4, -0.2) is 163 Å². The van der Waals surface area contributed by atoms with E-state index in [0.29, 0.717) is 84.8 Å². The molecule has 0 aromatic heterocycles. The van der Waals surface area contributed by atoms with E-state index >= 15 is 0 Å². The van der Waals surface area contributed by atoms with Crippen molar-refractivity contribution in [2.75, 3.05) is 85.1 Å². The molecule has 1 saturated heterocycles. The number of hydrogen-bond acceptors (Lipinski definition) is 14. The molecule has 0 aromatic rings. The maximum absolute atomic E-state index is 13.8. The number of Topliss-reactive ketones (excluding diaryl/α,β-unsaturated/α-hetero) is 1. The quantitative estimate of drug-likeness (QED) is 0.184. The standard InChI is InChI=1S/C39H74N6O9/c1-36(2,3)51-32(47)28-43-22-20-42(19-18-41-35(50)54-39(10,11)12)21-23-44(29-33(48)52-37(4,5)6)25-27-45(26-24-43)31(34(49)53-38(7,8)9)16-15-30(46)14-13-17-40/h31H,13-29,40H2,1-12H3,(H,41,50). The van der Waals surface area contributed by atoms with Gasteiger partial charge in [-0.1, -0.05) is 0 Å². The van der Waals surface area contributed by atoms with Crippen molar-refractivity contribution in [2.45, 2.75) is 137 Å². The van der Waals surface area contributed by atoms with Gasteiger partial charge in [-0.25, -0.2) is 4.79 Å². The summed E-state index contributed by atoms with van der Waals surface area (Å²) in [6.45, 7) is 26.8. The molecule has 1 atom stereocenters. The number of nitrogens with one attached hydrogen (secondary N) is 1. The fourth-order valence-corrected chi connectivity index (χ4v) is 5.69. The van der Waals surface area contributed by atoms with E-state index < -0.39 is 40.5 Å². The Morgan fingerprint density at radius 2 is 1.02 bits per heavy atom. The Morgan fingerprint density at radius 1 is 0.593 bits per heavy atom. The third-order valence-electron chi connectivity index (χ3n) is 7.99. The summed E-state index contributed by atoms with van der Waals surface area (Å²) in [5.74, 6) is -1.13. The number of esters is 3. The van der Waals surface area contributed by atoms with Crippen molar-refractivity contribution in [3.05, 3.63) is 0 Å². The Balaban J connectivity index is 3.49. The molecule has 1 fully saturated rings. The van der Waals surface area contributed by atoms with Crippen LogP contribution in [0.1, 0.15) is 109 Å². The summed E-state index contributed by atoms with van der Waals surface area (Å²) in [6.07, 6.45) is 0.864. The number of ketones is 1. The van der Waals surface area contributed by atoms with Crippen LogP contribution >= 0.6 is 0 Å². The molecule has 1 heterocycles. The van der Waals surface area contributed by atoms with Gasteiger partial charge in [-0.15, -0.1) is 0 Å². The van der Waals surface area contributed by atoms with Gasteiger partial charge in [0.2, 0.25) is 0 Å². The molecule has 0 spiro atoms. The van der Waals surface area contributed by atoms with Crippen LogP contribution in [0.3, 0.4) is 0 Å². The first-order valence-corrected chi connectivity index (χ1v) is 19.5. The molecule has 0 bridgehead atoms. The minimum Gasteiger partial charge on any atom is -0.459 e. The van der Waals surface area contributed by atoms with E-state index in [9.17, 15) is 24.0 Å². The normalized spacial score (nSPS) is 17.4. The van der Waals surface area contributed by atoms with Gasteiger partial charge >= 0.3 is 24.0 Å². The number of amides is 1. The largest absolute Gasteiger partial charge is 0.459 e. The highest BCUT2D eigenvalue weighted by molar-refractivity contribution is 5.81. The zero-order chi connectivity index (χ0) is 41.3. The highest BCUT2D eigenvalue weighted by atomic mass is 16.6. The van der Waals surface area contributed by atoms with Gasteiger partial charge in [0.25, 0.3) is 0 Å². The predicted octanol–water partition coefficient (Wildman–Crippen LogP) is 3.21. The van der Waals surface area contributed by atoms with Crippen LogP contribution in [0.15, 0.2) is 0 Å². The zero-order valence-electron chi connectivity index (χ0n) is 35.6. The van der Waals surface area contributed by atoms with Crippen molar-refractivity contribution >= 4 is 29.8 Å². The molecule has 3 N–H and O–H groups in total. The van der Waals surface area contributed by atoms with Crippen LogP contribution in [0.2, 0.25) is 0 Å². The van der Waals surface area contributed by atoms with Gasteiger partial charge in [0.15, 0.2) is 0 Å². The molecule has 314 valence electrons. The van der Waals surface area contributed by atoms with E-state index in [1.807, 2.05) is 77.0 Å². The molecule has 1 aliphatic rings. The lowest BCUT2D eigenvalue weighted by Crippen LogP contribution is -2.53. The third-order valence-corrected chi connectivity index (χ3v) is 7.99. The molecule has 15 nitrogen and oxygen atoms in total. The fraction of sp³-hybridized carbons (Fsp3) is 0.872. The van der Waals surface area contributed by atoms with Crippen molar-refractivity contribution in [3.63, 3.8) is 0 Å². The summed E-state index contributed by atoms with van der Waals surface area (Å²) >= 11 is 0. The molecule has 1 amide bonds. The van der Waals surface area contributed by atoms with Gasteiger partial charge in [0, 0.05) is 78.3 Å². The maximum atomic E-state index is 13.8. The summed E-state index contributed by atoms with van der Waals surface area (Å²) in [4.78, 5) is 73.5. The van der Waals surface area contributed by atoms with Crippen LogP contribution in [-0.2, 0) is 38.1 Å². The Bertz CT molecular complexity index is 1140. The molecule has 0 radical (unpaired) electrons. The second-order valence-electron chi connectivity index (χ2n) is 18.1. The Labute approximate surface area is 325 Å². The third kappa shape index (κ3) is 24.5. The number of alkyl carbamates (subject to hydrolysis) is 1. The molecule has 15 heteroatoms. The fourth-order valence-electron chi connectivity index (χ4n) is 5.69. The molecule has 0 aromatic carbocycles. The molecule has 54 heavy (non-hydrogen) atoms. The van der Waals surface area contributed by atoms with E-state index in [4.69, 9.17) is 24.7 Å². The Kier molecular flexibility index (Phi) is 20.6. The van der Waals surface area contributed by atoms with Crippen LogP contribution < -0.4 is 11.1 Å². The SMILES string of the molecule is CC(C)(C)OC(=O)CN1CCN(CCNC(=O)OC(C)(C)C)CCN(CC(=O)OC(C)(C)C)CCN(C(CCC(=O)CCCN)C(=O)OC(C)(C)C)CC1. The second kappa shape index (κ2) is 22.6. The first-order valence-electron chi connectivity index (χ1n) is 19.5. The zero-order valence-corrected chi connectivity index (χ0v) is 35.6. The van der Waals surface area contributed by atoms with Gasteiger partial charge < -0.3 is 30.0 Å². The average Bonchev–Trinajstić information content (AvgIpc) is 2.96. The van der Waals surface area contributed by atoms with Crippen molar-refractivity contribution in [2.24, 2.45) is 5.73 Å². The topological polar surface area (TPSA) is 173 Å². The smallest absolute Gasteiger partial charge is 0.407 e. The first-order chi connectivity index (χ1) is 24.7. The predicted molar refractivity (Wildman–Crippen MR) is 209 cm³/mol. The lowest BCUT2D eigenvalue weighted by atomic mass is 10.0. The van der Waals surface area contributed by atoms with Crippen LogP contribution in [0.4, 0.5) is 4.79 Å². The molecule has 1 unspecified atom stereocenters. The van der Waals surface area contributed by atoms with Crippen molar-refractivity contribution in [1.82, 2.24) is 24.9 Å². The molecular formula is C39H74N6O9. The number of hydrogen-bond donors (Lipinski definition) is 2. The monoisotopic (exact) mass is 771 g/mol. The summed E-state index contributed by atoms with van der Waals surface area (Å²) in [6, 6.07) is -0.740. The Hall–Kier alpha value is -2.85.